The molecule has 0 spiro atoms. The van der Waals surface area contributed by atoms with E-state index in [-0.39, 0.29) is 16.9 Å². The van der Waals surface area contributed by atoms with Gasteiger partial charge in [0.15, 0.2) is 0 Å². The maximum atomic E-state index is 14.2. The van der Waals surface area contributed by atoms with E-state index in [2.05, 4.69) is 25.7 Å². The van der Waals surface area contributed by atoms with Gasteiger partial charge in [-0.05, 0) is 38.1 Å². The number of fused-ring (bicyclic) bond motifs is 1. The Kier molecular flexibility index (Phi) is 6.40. The Bertz CT molecular complexity index is 1440. The lowest BCUT2D eigenvalue weighted by Crippen LogP contribution is -2.42. The SMILES string of the molecule is CC(C)(O)[C@H](F)CNC(=O)c1cnc(-c2ccc3cc(C#N)cnn23)cc1Nc1cncc(F)c1. The minimum atomic E-state index is -1.70. The molecule has 0 aliphatic rings. The summed E-state index contributed by atoms with van der Waals surface area (Å²) < 4.78 is 29.4. The lowest BCUT2D eigenvalue weighted by atomic mass is 10.0. The van der Waals surface area contributed by atoms with E-state index in [0.717, 1.165) is 6.20 Å². The molecule has 35 heavy (non-hydrogen) atoms. The third-order valence-electron chi connectivity index (χ3n) is 5.23. The number of rotatable bonds is 7. The van der Waals surface area contributed by atoms with Crippen molar-refractivity contribution < 1.29 is 18.7 Å². The van der Waals surface area contributed by atoms with Gasteiger partial charge in [-0.25, -0.2) is 13.3 Å². The number of pyridine rings is 2. The lowest BCUT2D eigenvalue weighted by molar-refractivity contribution is -0.00177. The molecule has 178 valence electrons. The van der Waals surface area contributed by atoms with Gasteiger partial charge in [0.1, 0.15) is 18.1 Å². The Balaban J connectivity index is 1.72. The van der Waals surface area contributed by atoms with Gasteiger partial charge >= 0.3 is 0 Å². The number of anilines is 2. The Hall–Kier alpha value is -4.43. The molecule has 0 fully saturated rings. The number of carbonyl (C=O) groups excluding carboxylic acids is 1. The van der Waals surface area contributed by atoms with E-state index in [1.165, 1.54) is 38.5 Å². The zero-order valence-corrected chi connectivity index (χ0v) is 18.8. The fourth-order valence-corrected chi connectivity index (χ4v) is 3.30. The highest BCUT2D eigenvalue weighted by Crippen LogP contribution is 2.28. The van der Waals surface area contributed by atoms with Gasteiger partial charge in [-0.1, -0.05) is 0 Å². The first-order valence-electron chi connectivity index (χ1n) is 10.6. The summed E-state index contributed by atoms with van der Waals surface area (Å²) in [7, 11) is 0. The lowest BCUT2D eigenvalue weighted by Gasteiger charge is -2.22. The number of halogens is 2. The van der Waals surface area contributed by atoms with Crippen molar-refractivity contribution in [3.05, 3.63) is 72.1 Å². The molecule has 0 saturated carbocycles. The predicted molar refractivity (Wildman–Crippen MR) is 124 cm³/mol. The quantitative estimate of drug-likeness (QED) is 0.372. The van der Waals surface area contributed by atoms with E-state index in [9.17, 15) is 18.7 Å². The van der Waals surface area contributed by atoms with Crippen molar-refractivity contribution in [3.8, 4) is 17.5 Å². The van der Waals surface area contributed by atoms with Crippen LogP contribution in [-0.2, 0) is 0 Å². The zero-order valence-electron chi connectivity index (χ0n) is 18.8. The van der Waals surface area contributed by atoms with Crippen LogP contribution in [0.2, 0.25) is 0 Å². The summed E-state index contributed by atoms with van der Waals surface area (Å²) in [6, 6.07) is 10.0. The van der Waals surface area contributed by atoms with Crippen LogP contribution < -0.4 is 10.6 Å². The molecule has 4 rings (SSSR count). The fraction of sp³-hybridized carbons (Fsp3) is 0.208. The Morgan fingerprint density at radius 1 is 1.23 bits per heavy atom. The number of aromatic nitrogens is 4. The third-order valence-corrected chi connectivity index (χ3v) is 5.23. The predicted octanol–water partition coefficient (Wildman–Crippen LogP) is 3.38. The second kappa shape index (κ2) is 9.44. The minimum Gasteiger partial charge on any atom is -0.387 e. The molecule has 1 amide bonds. The van der Waals surface area contributed by atoms with Gasteiger partial charge in [-0.3, -0.25) is 14.8 Å². The van der Waals surface area contributed by atoms with E-state index >= 15 is 0 Å². The van der Waals surface area contributed by atoms with Gasteiger partial charge in [-0.2, -0.15) is 10.4 Å². The molecular weight excluding hydrogens is 456 g/mol. The van der Waals surface area contributed by atoms with Crippen molar-refractivity contribution in [2.24, 2.45) is 0 Å². The molecule has 3 N–H and O–H groups in total. The molecule has 4 heterocycles. The first-order valence-corrected chi connectivity index (χ1v) is 10.6. The number of hydrogen-bond donors (Lipinski definition) is 3. The van der Waals surface area contributed by atoms with Crippen LogP contribution >= 0.6 is 0 Å². The van der Waals surface area contributed by atoms with Crippen LogP contribution in [0.3, 0.4) is 0 Å². The van der Waals surface area contributed by atoms with Gasteiger partial charge in [-0.15, -0.1) is 0 Å². The summed E-state index contributed by atoms with van der Waals surface area (Å²) in [6.45, 7) is 2.19. The Morgan fingerprint density at radius 2 is 2.03 bits per heavy atom. The first kappa shape index (κ1) is 23.7. The number of nitriles is 1. The summed E-state index contributed by atoms with van der Waals surface area (Å²) in [6.07, 6.45) is 3.46. The van der Waals surface area contributed by atoms with Crippen LogP contribution in [0.5, 0.6) is 0 Å². The van der Waals surface area contributed by atoms with Crippen molar-refractivity contribution in [1.29, 1.82) is 5.26 Å². The molecule has 0 radical (unpaired) electrons. The summed E-state index contributed by atoms with van der Waals surface area (Å²) in [4.78, 5) is 21.0. The van der Waals surface area contributed by atoms with Crippen molar-refractivity contribution in [2.45, 2.75) is 25.6 Å². The first-order chi connectivity index (χ1) is 16.7. The van der Waals surface area contributed by atoms with Crippen LogP contribution in [-0.4, -0.2) is 48.9 Å². The number of carbonyl (C=O) groups is 1. The van der Waals surface area contributed by atoms with E-state index in [1.807, 2.05) is 6.07 Å². The maximum absolute atomic E-state index is 14.2. The summed E-state index contributed by atoms with van der Waals surface area (Å²) in [5.41, 5.74) is 1.09. The largest absolute Gasteiger partial charge is 0.387 e. The number of nitrogens with zero attached hydrogens (tertiary/aromatic N) is 5. The van der Waals surface area contributed by atoms with Gasteiger partial charge < -0.3 is 15.7 Å². The highest BCUT2D eigenvalue weighted by Gasteiger charge is 2.27. The van der Waals surface area contributed by atoms with Crippen LogP contribution in [0.1, 0.15) is 29.8 Å². The second-order valence-electron chi connectivity index (χ2n) is 8.37. The minimum absolute atomic E-state index is 0.0709. The smallest absolute Gasteiger partial charge is 0.255 e. The number of hydrogen-bond acceptors (Lipinski definition) is 7. The van der Waals surface area contributed by atoms with Crippen LogP contribution in [0.4, 0.5) is 20.2 Å². The number of nitrogens with one attached hydrogen (secondary N) is 2. The van der Waals surface area contributed by atoms with Crippen molar-refractivity contribution in [2.75, 3.05) is 11.9 Å². The summed E-state index contributed by atoms with van der Waals surface area (Å²) >= 11 is 0. The summed E-state index contributed by atoms with van der Waals surface area (Å²) in [5.74, 6) is -1.21. The van der Waals surface area contributed by atoms with Gasteiger partial charge in [0.25, 0.3) is 5.91 Å². The van der Waals surface area contributed by atoms with Crippen LogP contribution in [0.25, 0.3) is 16.9 Å². The molecule has 9 nitrogen and oxygen atoms in total. The molecule has 4 aromatic heterocycles. The molecule has 11 heteroatoms. The van der Waals surface area contributed by atoms with E-state index < -0.39 is 30.0 Å². The average Bonchev–Trinajstić information content (AvgIpc) is 3.25. The molecule has 0 saturated heterocycles. The Morgan fingerprint density at radius 3 is 2.74 bits per heavy atom. The van der Waals surface area contributed by atoms with E-state index in [4.69, 9.17) is 5.26 Å². The molecule has 1 atom stereocenters. The molecule has 0 aliphatic carbocycles. The van der Waals surface area contributed by atoms with E-state index in [0.29, 0.717) is 22.5 Å². The molecule has 0 bridgehead atoms. The van der Waals surface area contributed by atoms with Crippen LogP contribution in [0.15, 0.2) is 55.1 Å². The molecular formula is C24H21F2N7O2. The van der Waals surface area contributed by atoms with Crippen molar-refractivity contribution in [1.82, 2.24) is 24.9 Å². The highest BCUT2D eigenvalue weighted by molar-refractivity contribution is 6.00. The number of aliphatic hydroxyl groups is 1. The molecule has 4 aromatic rings. The molecule has 0 aliphatic heterocycles. The molecule has 0 aromatic carbocycles. The monoisotopic (exact) mass is 477 g/mol. The third kappa shape index (κ3) is 5.23. The zero-order chi connectivity index (χ0) is 25.2. The van der Waals surface area contributed by atoms with Crippen LogP contribution in [0, 0.1) is 17.1 Å². The summed E-state index contributed by atoms with van der Waals surface area (Å²) in [5, 5.41) is 28.6. The van der Waals surface area contributed by atoms with Gasteiger partial charge in [0, 0.05) is 12.3 Å². The standard InChI is InChI=1S/C24H21F2N7O2/c1-24(2,35)22(26)13-30-23(34)18-12-29-20(7-19(18)32-16-6-15(25)10-28-11-16)21-4-3-17-5-14(8-27)9-31-33(17)21/h3-7,9-12,22,35H,13H2,1-2H3,(H,29,32)(H,30,34)/t22-/m1/s1. The maximum Gasteiger partial charge on any atom is 0.255 e. The normalized spacial score (nSPS) is 12.2. The Labute approximate surface area is 199 Å². The highest BCUT2D eigenvalue weighted by atomic mass is 19.1. The number of alkyl halides is 1. The molecule has 0 unspecified atom stereocenters. The van der Waals surface area contributed by atoms with Gasteiger partial charge in [0.05, 0.1) is 70.1 Å². The van der Waals surface area contributed by atoms with Crippen molar-refractivity contribution >= 4 is 22.8 Å². The second-order valence-corrected chi connectivity index (χ2v) is 8.37. The number of amides is 1. The fourth-order valence-electron chi connectivity index (χ4n) is 3.30. The average molecular weight is 477 g/mol. The van der Waals surface area contributed by atoms with E-state index in [1.54, 1.807) is 28.8 Å². The topological polar surface area (TPSA) is 128 Å². The van der Waals surface area contributed by atoms with Crippen molar-refractivity contribution in [3.63, 3.8) is 0 Å². The van der Waals surface area contributed by atoms with Gasteiger partial charge in [0.2, 0.25) is 0 Å².